The van der Waals surface area contributed by atoms with E-state index in [0.717, 1.165) is 58.2 Å². The molecule has 3 aliphatic rings. The van der Waals surface area contributed by atoms with E-state index in [9.17, 15) is 4.79 Å². The highest BCUT2D eigenvalue weighted by Gasteiger charge is 2.42. The fraction of sp³-hybridized carbons (Fsp3) is 0.696. The molecule has 1 spiro atoms. The van der Waals surface area contributed by atoms with Gasteiger partial charge in [-0.1, -0.05) is 12.1 Å². The lowest BCUT2D eigenvalue weighted by Crippen LogP contribution is -2.45. The van der Waals surface area contributed by atoms with Crippen molar-refractivity contribution >= 4 is 11.6 Å². The number of nitrogens with one attached hydrogen (secondary N) is 1. The Labute approximate surface area is 174 Å². The minimum atomic E-state index is -0.250. The van der Waals surface area contributed by atoms with E-state index in [1.807, 2.05) is 0 Å². The molecule has 0 saturated carbocycles. The molecule has 3 heterocycles. The molecule has 160 valence electrons. The van der Waals surface area contributed by atoms with E-state index in [1.54, 1.807) is 0 Å². The third kappa shape index (κ3) is 5.11. The Bertz CT molecular complexity index is 677. The maximum absolute atomic E-state index is 12.1. The summed E-state index contributed by atoms with van der Waals surface area (Å²) in [5, 5.41) is 3.04. The molecule has 6 nitrogen and oxygen atoms in total. The van der Waals surface area contributed by atoms with Crippen molar-refractivity contribution < 1.29 is 14.3 Å². The molecular weight excluding hydrogens is 366 g/mol. The molecular formula is C23H35N3O3. The van der Waals surface area contributed by atoms with Gasteiger partial charge in [0.15, 0.2) is 0 Å². The Balaban J connectivity index is 1.20. The normalized spacial score (nSPS) is 26.7. The quantitative estimate of drug-likeness (QED) is 0.794. The topological polar surface area (TPSA) is 54.0 Å². The third-order valence-electron chi connectivity index (χ3n) is 6.69. The van der Waals surface area contributed by atoms with Crippen molar-refractivity contribution in [3.63, 3.8) is 0 Å². The SMILES string of the molecule is CN(C)c1ccc(CN2CCC3(CCC(CNC(=O)C4CCCO4)O3)CC2)cc1. The lowest BCUT2D eigenvalue weighted by Gasteiger charge is -2.39. The number of carbonyl (C=O) groups is 1. The second-order valence-electron chi connectivity index (χ2n) is 9.05. The zero-order chi connectivity index (χ0) is 20.3. The number of benzene rings is 1. The predicted octanol–water partition coefficient (Wildman–Crippen LogP) is 2.56. The van der Waals surface area contributed by atoms with E-state index in [-0.39, 0.29) is 23.7 Å². The van der Waals surface area contributed by atoms with Crippen molar-refractivity contribution in [1.82, 2.24) is 10.2 Å². The van der Waals surface area contributed by atoms with E-state index < -0.39 is 0 Å². The molecule has 1 N–H and O–H groups in total. The third-order valence-corrected chi connectivity index (χ3v) is 6.69. The molecule has 1 amide bonds. The zero-order valence-corrected chi connectivity index (χ0v) is 17.9. The number of piperidine rings is 1. The number of nitrogens with zero attached hydrogens (tertiary/aromatic N) is 2. The van der Waals surface area contributed by atoms with Gasteiger partial charge >= 0.3 is 0 Å². The number of amides is 1. The maximum Gasteiger partial charge on any atom is 0.249 e. The first-order valence-electron chi connectivity index (χ1n) is 11.1. The summed E-state index contributed by atoms with van der Waals surface area (Å²) in [6.45, 7) is 4.47. The van der Waals surface area contributed by atoms with Crippen LogP contribution in [0.15, 0.2) is 24.3 Å². The van der Waals surface area contributed by atoms with Crippen molar-refractivity contribution in [2.24, 2.45) is 0 Å². The Morgan fingerprint density at radius 1 is 1.17 bits per heavy atom. The van der Waals surface area contributed by atoms with Gasteiger partial charge in [0.25, 0.3) is 0 Å². The molecule has 0 bridgehead atoms. The summed E-state index contributed by atoms with van der Waals surface area (Å²) in [4.78, 5) is 16.8. The van der Waals surface area contributed by atoms with Gasteiger partial charge in [-0.05, 0) is 56.2 Å². The first-order valence-corrected chi connectivity index (χ1v) is 11.1. The van der Waals surface area contributed by atoms with Gasteiger partial charge in [-0.25, -0.2) is 0 Å². The number of ether oxygens (including phenoxy) is 2. The predicted molar refractivity (Wildman–Crippen MR) is 114 cm³/mol. The number of rotatable bonds is 6. The minimum absolute atomic E-state index is 0.0184. The number of anilines is 1. The molecule has 0 radical (unpaired) electrons. The first-order chi connectivity index (χ1) is 14.0. The van der Waals surface area contributed by atoms with Gasteiger partial charge in [-0.2, -0.15) is 0 Å². The average molecular weight is 402 g/mol. The van der Waals surface area contributed by atoms with Crippen LogP contribution in [0.3, 0.4) is 0 Å². The molecule has 2 atom stereocenters. The molecule has 4 rings (SSSR count). The highest BCUT2D eigenvalue weighted by Crippen LogP contribution is 2.39. The molecule has 0 aromatic heterocycles. The van der Waals surface area contributed by atoms with Crippen LogP contribution in [0.25, 0.3) is 0 Å². The summed E-state index contributed by atoms with van der Waals surface area (Å²) in [5.74, 6) is 0.0298. The van der Waals surface area contributed by atoms with E-state index in [4.69, 9.17) is 9.47 Å². The summed E-state index contributed by atoms with van der Waals surface area (Å²) in [6, 6.07) is 8.85. The maximum atomic E-state index is 12.1. The van der Waals surface area contributed by atoms with Crippen LogP contribution in [0.5, 0.6) is 0 Å². The minimum Gasteiger partial charge on any atom is -0.378 e. The molecule has 1 aromatic carbocycles. The van der Waals surface area contributed by atoms with E-state index in [1.165, 1.54) is 11.3 Å². The first kappa shape index (κ1) is 20.6. The van der Waals surface area contributed by atoms with Crippen LogP contribution in [0.2, 0.25) is 0 Å². The smallest absolute Gasteiger partial charge is 0.249 e. The van der Waals surface area contributed by atoms with Gasteiger partial charge in [0.05, 0.1) is 11.7 Å². The van der Waals surface area contributed by atoms with Crippen LogP contribution in [0.4, 0.5) is 5.69 Å². The molecule has 3 fully saturated rings. The van der Waals surface area contributed by atoms with E-state index in [2.05, 4.69) is 53.5 Å². The van der Waals surface area contributed by atoms with Crippen molar-refractivity contribution in [3.05, 3.63) is 29.8 Å². The monoisotopic (exact) mass is 401 g/mol. The number of carbonyl (C=O) groups excluding carboxylic acids is 1. The van der Waals surface area contributed by atoms with Crippen LogP contribution < -0.4 is 10.2 Å². The van der Waals surface area contributed by atoms with Gasteiger partial charge in [-0.15, -0.1) is 0 Å². The Hall–Kier alpha value is -1.63. The molecule has 1 aromatic rings. The summed E-state index contributed by atoms with van der Waals surface area (Å²) in [5.41, 5.74) is 2.63. The molecule has 29 heavy (non-hydrogen) atoms. The summed E-state index contributed by atoms with van der Waals surface area (Å²) < 4.78 is 11.9. The lowest BCUT2D eigenvalue weighted by atomic mass is 9.88. The zero-order valence-electron chi connectivity index (χ0n) is 17.9. The van der Waals surface area contributed by atoms with Gasteiger partial charge < -0.3 is 19.7 Å². The average Bonchev–Trinajstić information content (AvgIpc) is 3.39. The van der Waals surface area contributed by atoms with Gasteiger partial charge in [0, 0.05) is 52.6 Å². The molecule has 6 heteroatoms. The van der Waals surface area contributed by atoms with Crippen molar-refractivity contribution in [2.45, 2.75) is 62.9 Å². The molecule has 3 aliphatic heterocycles. The second-order valence-corrected chi connectivity index (χ2v) is 9.05. The Morgan fingerprint density at radius 2 is 1.93 bits per heavy atom. The fourth-order valence-electron chi connectivity index (χ4n) is 4.80. The number of likely N-dealkylation sites (tertiary alicyclic amines) is 1. The van der Waals surface area contributed by atoms with E-state index >= 15 is 0 Å². The van der Waals surface area contributed by atoms with Crippen molar-refractivity contribution in [2.75, 3.05) is 45.2 Å². The summed E-state index contributed by atoms with van der Waals surface area (Å²) in [7, 11) is 4.14. The highest BCUT2D eigenvalue weighted by molar-refractivity contribution is 5.80. The van der Waals surface area contributed by atoms with Crippen LogP contribution in [0.1, 0.15) is 44.1 Å². The van der Waals surface area contributed by atoms with Crippen molar-refractivity contribution in [3.8, 4) is 0 Å². The standard InChI is InChI=1S/C23H35N3O3/c1-25(2)19-7-5-18(6-8-19)17-26-13-11-23(12-14-26)10-9-20(29-23)16-24-22(27)21-4-3-15-28-21/h5-8,20-21H,3-4,9-17H2,1-2H3,(H,24,27). The lowest BCUT2D eigenvalue weighted by molar-refractivity contribution is -0.131. The molecule has 3 saturated heterocycles. The molecule has 2 unspecified atom stereocenters. The number of hydrogen-bond donors (Lipinski definition) is 1. The largest absolute Gasteiger partial charge is 0.378 e. The number of hydrogen-bond acceptors (Lipinski definition) is 5. The van der Waals surface area contributed by atoms with Crippen LogP contribution in [-0.2, 0) is 20.8 Å². The van der Waals surface area contributed by atoms with Crippen LogP contribution in [-0.4, -0.2) is 69.0 Å². The second kappa shape index (κ2) is 9.02. The Morgan fingerprint density at radius 3 is 2.59 bits per heavy atom. The summed E-state index contributed by atoms with van der Waals surface area (Å²) >= 11 is 0. The van der Waals surface area contributed by atoms with E-state index in [0.29, 0.717) is 13.2 Å². The summed E-state index contributed by atoms with van der Waals surface area (Å²) in [6.07, 6.45) is 6.03. The van der Waals surface area contributed by atoms with Crippen molar-refractivity contribution in [1.29, 1.82) is 0 Å². The fourth-order valence-corrected chi connectivity index (χ4v) is 4.80. The van der Waals surface area contributed by atoms with Crippen LogP contribution in [0, 0.1) is 0 Å². The van der Waals surface area contributed by atoms with Gasteiger partial charge in [-0.3, -0.25) is 9.69 Å². The van der Waals surface area contributed by atoms with Crippen LogP contribution >= 0.6 is 0 Å². The molecule has 0 aliphatic carbocycles. The Kier molecular flexibility index (Phi) is 6.42. The highest BCUT2D eigenvalue weighted by atomic mass is 16.5. The van der Waals surface area contributed by atoms with Gasteiger partial charge in [0.2, 0.25) is 5.91 Å². The van der Waals surface area contributed by atoms with Gasteiger partial charge in [0.1, 0.15) is 6.10 Å².